The van der Waals surface area contributed by atoms with Crippen LogP contribution in [0, 0.1) is 5.82 Å². The summed E-state index contributed by atoms with van der Waals surface area (Å²) in [6.45, 7) is 0.449. The first-order valence-corrected chi connectivity index (χ1v) is 6.93. The van der Waals surface area contributed by atoms with E-state index in [-0.39, 0.29) is 11.7 Å². The van der Waals surface area contributed by atoms with E-state index in [2.05, 4.69) is 21.2 Å². The molecule has 1 amide bonds. The second-order valence-corrected chi connectivity index (χ2v) is 5.23. The summed E-state index contributed by atoms with van der Waals surface area (Å²) in [6.07, 6.45) is 0.583. The lowest BCUT2D eigenvalue weighted by molar-refractivity contribution is 0.0954. The van der Waals surface area contributed by atoms with Crippen LogP contribution < -0.4 is 11.1 Å². The van der Waals surface area contributed by atoms with Gasteiger partial charge in [0, 0.05) is 22.3 Å². The van der Waals surface area contributed by atoms with Gasteiger partial charge in [-0.1, -0.05) is 12.1 Å². The highest BCUT2D eigenvalue weighted by Crippen LogP contribution is 2.20. The predicted molar refractivity (Wildman–Crippen MR) is 81.0 cm³/mol. The number of rotatable bonds is 4. The van der Waals surface area contributed by atoms with E-state index in [4.69, 9.17) is 5.73 Å². The Hall–Kier alpha value is -1.88. The summed E-state index contributed by atoms with van der Waals surface area (Å²) in [5.74, 6) is -0.446. The standard InChI is InChI=1S/C15H14BrFN2O/c16-13-9-11(4-5-14(13)18)15(20)19-7-6-10-2-1-3-12(17)8-10/h1-5,8-9H,6-7,18H2,(H,19,20). The second-order valence-electron chi connectivity index (χ2n) is 4.37. The molecule has 3 nitrogen and oxygen atoms in total. The minimum atomic E-state index is -0.267. The molecule has 0 heterocycles. The molecule has 0 aromatic heterocycles. The second kappa shape index (κ2) is 6.52. The molecule has 0 unspecified atom stereocenters. The number of carbonyl (C=O) groups excluding carboxylic acids is 1. The number of carbonyl (C=O) groups is 1. The molecular formula is C15H14BrFN2O. The molecule has 0 saturated carbocycles. The van der Waals surface area contributed by atoms with Crippen LogP contribution in [0.25, 0.3) is 0 Å². The minimum absolute atomic E-state index is 0.179. The van der Waals surface area contributed by atoms with Crippen LogP contribution in [-0.4, -0.2) is 12.5 Å². The normalized spacial score (nSPS) is 10.3. The molecule has 0 aliphatic heterocycles. The maximum Gasteiger partial charge on any atom is 0.251 e. The van der Waals surface area contributed by atoms with Gasteiger partial charge >= 0.3 is 0 Å². The number of hydrogen-bond donors (Lipinski definition) is 2. The van der Waals surface area contributed by atoms with Gasteiger partial charge in [-0.3, -0.25) is 4.79 Å². The Balaban J connectivity index is 1.90. The average Bonchev–Trinajstić information content (AvgIpc) is 2.42. The molecule has 0 aliphatic carbocycles. The van der Waals surface area contributed by atoms with Gasteiger partial charge in [0.25, 0.3) is 5.91 Å². The fourth-order valence-corrected chi connectivity index (χ4v) is 2.16. The Kier molecular flexibility index (Phi) is 4.74. The van der Waals surface area contributed by atoms with Gasteiger partial charge in [-0.15, -0.1) is 0 Å². The molecule has 20 heavy (non-hydrogen) atoms. The zero-order valence-electron chi connectivity index (χ0n) is 10.7. The molecule has 104 valence electrons. The SMILES string of the molecule is Nc1ccc(C(=O)NCCc2cccc(F)c2)cc1Br. The lowest BCUT2D eigenvalue weighted by atomic mass is 10.1. The molecule has 2 aromatic rings. The monoisotopic (exact) mass is 336 g/mol. The summed E-state index contributed by atoms with van der Waals surface area (Å²) in [6, 6.07) is 11.4. The van der Waals surface area contributed by atoms with Gasteiger partial charge in [0.15, 0.2) is 0 Å². The van der Waals surface area contributed by atoms with Crippen molar-refractivity contribution in [3.05, 3.63) is 63.9 Å². The number of amides is 1. The topological polar surface area (TPSA) is 55.1 Å². The Bertz CT molecular complexity index is 631. The first kappa shape index (κ1) is 14.5. The van der Waals surface area contributed by atoms with Crippen molar-refractivity contribution >= 4 is 27.5 Å². The summed E-state index contributed by atoms with van der Waals surface area (Å²) < 4.78 is 13.7. The molecule has 3 N–H and O–H groups in total. The number of nitrogens with two attached hydrogens (primary N) is 1. The number of halogens is 2. The van der Waals surface area contributed by atoms with E-state index in [0.717, 1.165) is 5.56 Å². The smallest absolute Gasteiger partial charge is 0.251 e. The van der Waals surface area contributed by atoms with E-state index < -0.39 is 0 Å². The zero-order valence-corrected chi connectivity index (χ0v) is 12.3. The Labute approximate surface area is 125 Å². The minimum Gasteiger partial charge on any atom is -0.398 e. The zero-order chi connectivity index (χ0) is 14.5. The molecule has 0 atom stereocenters. The highest BCUT2D eigenvalue weighted by molar-refractivity contribution is 9.10. The number of nitrogens with one attached hydrogen (secondary N) is 1. The molecular weight excluding hydrogens is 323 g/mol. The number of nitrogen functional groups attached to an aromatic ring is 1. The van der Waals surface area contributed by atoms with E-state index in [1.165, 1.54) is 12.1 Å². The van der Waals surface area contributed by atoms with Crippen LogP contribution in [0.3, 0.4) is 0 Å². The van der Waals surface area contributed by atoms with Gasteiger partial charge in [-0.25, -0.2) is 4.39 Å². The van der Waals surface area contributed by atoms with Crippen molar-refractivity contribution in [3.63, 3.8) is 0 Å². The first-order chi connectivity index (χ1) is 9.56. The molecule has 2 aromatic carbocycles. The molecule has 5 heteroatoms. The van der Waals surface area contributed by atoms with Crippen LogP contribution in [0.1, 0.15) is 15.9 Å². The van der Waals surface area contributed by atoms with E-state index in [1.54, 1.807) is 24.3 Å². The van der Waals surface area contributed by atoms with Gasteiger partial charge < -0.3 is 11.1 Å². The maximum absolute atomic E-state index is 13.0. The van der Waals surface area contributed by atoms with Gasteiger partial charge in [0.1, 0.15) is 5.82 Å². The van der Waals surface area contributed by atoms with E-state index in [9.17, 15) is 9.18 Å². The van der Waals surface area contributed by atoms with E-state index >= 15 is 0 Å². The predicted octanol–water partition coefficient (Wildman–Crippen LogP) is 3.14. The van der Waals surface area contributed by atoms with Gasteiger partial charge in [0.2, 0.25) is 0 Å². The average molecular weight is 337 g/mol. The third kappa shape index (κ3) is 3.81. The Morgan fingerprint density at radius 3 is 2.75 bits per heavy atom. The number of anilines is 1. The highest BCUT2D eigenvalue weighted by Gasteiger charge is 2.07. The van der Waals surface area contributed by atoms with Crippen molar-refractivity contribution in [3.8, 4) is 0 Å². The summed E-state index contributed by atoms with van der Waals surface area (Å²) in [5.41, 5.74) is 7.63. The quantitative estimate of drug-likeness (QED) is 0.842. The lowest BCUT2D eigenvalue weighted by Gasteiger charge is -2.07. The summed E-state index contributed by atoms with van der Waals surface area (Å²) >= 11 is 3.28. The van der Waals surface area contributed by atoms with Gasteiger partial charge in [0.05, 0.1) is 0 Å². The summed E-state index contributed by atoms with van der Waals surface area (Å²) in [4.78, 5) is 11.9. The van der Waals surface area contributed by atoms with Crippen molar-refractivity contribution in [2.75, 3.05) is 12.3 Å². The Morgan fingerprint density at radius 2 is 2.05 bits per heavy atom. The number of hydrogen-bond acceptors (Lipinski definition) is 2. The van der Waals surface area contributed by atoms with E-state index in [1.807, 2.05) is 6.07 Å². The molecule has 0 fully saturated rings. The van der Waals surface area contributed by atoms with Crippen molar-refractivity contribution in [2.45, 2.75) is 6.42 Å². The maximum atomic E-state index is 13.0. The molecule has 0 radical (unpaired) electrons. The molecule has 0 aliphatic rings. The third-order valence-corrected chi connectivity index (χ3v) is 3.54. The molecule has 2 rings (SSSR count). The van der Waals surface area contributed by atoms with Crippen LogP contribution in [0.2, 0.25) is 0 Å². The Morgan fingerprint density at radius 1 is 1.25 bits per heavy atom. The van der Waals surface area contributed by atoms with Crippen molar-refractivity contribution in [1.29, 1.82) is 0 Å². The fraction of sp³-hybridized carbons (Fsp3) is 0.133. The van der Waals surface area contributed by atoms with Crippen molar-refractivity contribution in [2.24, 2.45) is 0 Å². The number of benzene rings is 2. The van der Waals surface area contributed by atoms with Crippen LogP contribution >= 0.6 is 15.9 Å². The van der Waals surface area contributed by atoms with Crippen molar-refractivity contribution in [1.82, 2.24) is 5.32 Å². The summed E-state index contributed by atoms with van der Waals surface area (Å²) in [7, 11) is 0. The van der Waals surface area contributed by atoms with Gasteiger partial charge in [-0.05, 0) is 58.2 Å². The first-order valence-electron chi connectivity index (χ1n) is 6.14. The largest absolute Gasteiger partial charge is 0.398 e. The lowest BCUT2D eigenvalue weighted by Crippen LogP contribution is -2.25. The van der Waals surface area contributed by atoms with Crippen LogP contribution in [0.4, 0.5) is 10.1 Å². The highest BCUT2D eigenvalue weighted by atomic mass is 79.9. The van der Waals surface area contributed by atoms with Crippen molar-refractivity contribution < 1.29 is 9.18 Å². The molecule has 0 bridgehead atoms. The van der Waals surface area contributed by atoms with Crippen LogP contribution in [0.5, 0.6) is 0 Å². The third-order valence-electron chi connectivity index (χ3n) is 2.85. The molecule has 0 spiro atoms. The summed E-state index contributed by atoms with van der Waals surface area (Å²) in [5, 5.41) is 2.79. The molecule has 0 saturated heterocycles. The van der Waals surface area contributed by atoms with Crippen LogP contribution in [0.15, 0.2) is 46.9 Å². The van der Waals surface area contributed by atoms with E-state index in [0.29, 0.717) is 28.7 Å². The fourth-order valence-electron chi connectivity index (χ4n) is 1.78. The van der Waals surface area contributed by atoms with Gasteiger partial charge in [-0.2, -0.15) is 0 Å². The van der Waals surface area contributed by atoms with Crippen LogP contribution in [-0.2, 0) is 6.42 Å².